The van der Waals surface area contributed by atoms with Crippen molar-refractivity contribution in [3.8, 4) is 0 Å². The van der Waals surface area contributed by atoms with Crippen molar-refractivity contribution in [3.63, 3.8) is 0 Å². The summed E-state index contributed by atoms with van der Waals surface area (Å²) in [5.41, 5.74) is 0.150. The molecule has 1 rings (SSSR count). The Kier molecular flexibility index (Phi) is 5.67. The van der Waals surface area contributed by atoms with E-state index in [0.29, 0.717) is 17.9 Å². The summed E-state index contributed by atoms with van der Waals surface area (Å²) in [5, 5.41) is 10.5. The van der Waals surface area contributed by atoms with Crippen LogP contribution < -0.4 is 0 Å². The van der Waals surface area contributed by atoms with Gasteiger partial charge >= 0.3 is 0 Å². The number of aliphatic hydroxyl groups is 1. The quantitative estimate of drug-likeness (QED) is 0.773. The molecule has 0 aromatic carbocycles. The van der Waals surface area contributed by atoms with Gasteiger partial charge in [0.2, 0.25) is 0 Å². The van der Waals surface area contributed by atoms with Crippen LogP contribution in [-0.2, 0) is 4.74 Å². The maximum absolute atomic E-state index is 10.5. The molecule has 1 saturated carbocycles. The molecule has 0 heterocycles. The summed E-state index contributed by atoms with van der Waals surface area (Å²) in [6.07, 6.45) is 5.99. The smallest absolute Gasteiger partial charge is 0.0940 e. The number of aliphatic hydroxyl groups excluding tert-OH is 1. The van der Waals surface area contributed by atoms with Crippen LogP contribution in [0.4, 0.5) is 0 Å². The fourth-order valence-corrected chi connectivity index (χ4v) is 2.97. The van der Waals surface area contributed by atoms with Crippen LogP contribution in [0.5, 0.6) is 0 Å². The Morgan fingerprint density at radius 2 is 1.61 bits per heavy atom. The molecule has 0 saturated heterocycles. The Bertz CT molecular complexity index is 235. The topological polar surface area (TPSA) is 29.5 Å². The first kappa shape index (κ1) is 16.0. The van der Waals surface area contributed by atoms with Crippen molar-refractivity contribution < 1.29 is 9.84 Å². The number of rotatable bonds is 6. The lowest BCUT2D eigenvalue weighted by Gasteiger charge is -2.46. The SMILES string of the molecule is CCOC1(C(O)CCC(C)C)CCC(C)(C)CC1. The van der Waals surface area contributed by atoms with E-state index >= 15 is 0 Å². The first-order valence-electron chi connectivity index (χ1n) is 7.63. The predicted octanol–water partition coefficient (Wildman–Crippen LogP) is 4.16. The Morgan fingerprint density at radius 1 is 1.06 bits per heavy atom. The second-order valence-corrected chi connectivity index (χ2v) is 7.15. The van der Waals surface area contributed by atoms with Crippen molar-refractivity contribution in [3.05, 3.63) is 0 Å². The number of ether oxygens (including phenoxy) is 1. The normalized spacial score (nSPS) is 24.2. The van der Waals surface area contributed by atoms with Crippen LogP contribution in [-0.4, -0.2) is 23.4 Å². The molecule has 108 valence electrons. The molecule has 18 heavy (non-hydrogen) atoms. The van der Waals surface area contributed by atoms with E-state index in [2.05, 4.69) is 27.7 Å². The highest BCUT2D eigenvalue weighted by molar-refractivity contribution is 4.95. The standard InChI is InChI=1S/C16H32O2/c1-6-18-16(14(17)8-7-13(2)3)11-9-15(4,5)10-12-16/h13-14,17H,6-12H2,1-5H3. The van der Waals surface area contributed by atoms with Gasteiger partial charge in [0.25, 0.3) is 0 Å². The lowest BCUT2D eigenvalue weighted by Crippen LogP contribution is -2.49. The second kappa shape index (κ2) is 6.38. The largest absolute Gasteiger partial charge is 0.390 e. The fraction of sp³-hybridized carbons (Fsp3) is 1.00. The minimum atomic E-state index is -0.295. The summed E-state index contributed by atoms with van der Waals surface area (Å²) >= 11 is 0. The first-order valence-corrected chi connectivity index (χ1v) is 7.63. The van der Waals surface area contributed by atoms with Gasteiger partial charge in [0.1, 0.15) is 0 Å². The lowest BCUT2D eigenvalue weighted by molar-refractivity contribution is -0.153. The molecular weight excluding hydrogens is 224 g/mol. The Labute approximate surface area is 113 Å². The third-order valence-electron chi connectivity index (χ3n) is 4.51. The van der Waals surface area contributed by atoms with E-state index in [9.17, 15) is 5.11 Å². The number of hydrogen-bond donors (Lipinski definition) is 1. The molecule has 0 aliphatic heterocycles. The third kappa shape index (κ3) is 4.24. The summed E-state index contributed by atoms with van der Waals surface area (Å²) in [4.78, 5) is 0. The minimum absolute atomic E-state index is 0.265. The Morgan fingerprint density at radius 3 is 2.06 bits per heavy atom. The molecule has 1 atom stereocenters. The van der Waals surface area contributed by atoms with E-state index in [1.54, 1.807) is 0 Å². The summed E-state index contributed by atoms with van der Waals surface area (Å²) < 4.78 is 6.01. The average molecular weight is 256 g/mol. The van der Waals surface area contributed by atoms with Crippen LogP contribution in [0.1, 0.15) is 73.1 Å². The molecular formula is C16H32O2. The molecule has 0 bridgehead atoms. The molecule has 0 aromatic rings. The molecule has 0 radical (unpaired) electrons. The Balaban J connectivity index is 2.63. The number of hydrogen-bond acceptors (Lipinski definition) is 2. The first-order chi connectivity index (χ1) is 8.31. The van der Waals surface area contributed by atoms with Gasteiger partial charge in [-0.05, 0) is 56.8 Å². The molecule has 1 fully saturated rings. The minimum Gasteiger partial charge on any atom is -0.390 e. The van der Waals surface area contributed by atoms with E-state index in [4.69, 9.17) is 4.74 Å². The lowest BCUT2D eigenvalue weighted by atomic mass is 9.68. The van der Waals surface area contributed by atoms with Gasteiger partial charge in [-0.25, -0.2) is 0 Å². The van der Waals surface area contributed by atoms with E-state index < -0.39 is 0 Å². The molecule has 1 aliphatic rings. The predicted molar refractivity (Wildman–Crippen MR) is 76.7 cm³/mol. The van der Waals surface area contributed by atoms with Crippen LogP contribution >= 0.6 is 0 Å². The zero-order valence-electron chi connectivity index (χ0n) is 13.0. The second-order valence-electron chi connectivity index (χ2n) is 7.15. The van der Waals surface area contributed by atoms with E-state index in [1.165, 1.54) is 0 Å². The average Bonchev–Trinajstić information content (AvgIpc) is 2.29. The van der Waals surface area contributed by atoms with E-state index in [1.807, 2.05) is 6.92 Å². The summed E-state index contributed by atoms with van der Waals surface area (Å²) in [6.45, 7) is 11.8. The van der Waals surface area contributed by atoms with E-state index in [-0.39, 0.29) is 11.7 Å². The molecule has 0 amide bonds. The maximum Gasteiger partial charge on any atom is 0.0940 e. The molecule has 0 aromatic heterocycles. The van der Waals surface area contributed by atoms with Crippen molar-refractivity contribution >= 4 is 0 Å². The van der Waals surface area contributed by atoms with Gasteiger partial charge < -0.3 is 9.84 Å². The third-order valence-corrected chi connectivity index (χ3v) is 4.51. The highest BCUT2D eigenvalue weighted by Gasteiger charge is 2.43. The van der Waals surface area contributed by atoms with Gasteiger partial charge in [0.05, 0.1) is 11.7 Å². The molecule has 2 heteroatoms. The monoisotopic (exact) mass is 256 g/mol. The van der Waals surface area contributed by atoms with Crippen LogP contribution in [0.25, 0.3) is 0 Å². The highest BCUT2D eigenvalue weighted by atomic mass is 16.5. The van der Waals surface area contributed by atoms with Gasteiger partial charge in [0, 0.05) is 6.61 Å². The summed E-state index contributed by atoms with van der Waals surface area (Å²) in [6, 6.07) is 0. The molecule has 1 aliphatic carbocycles. The van der Waals surface area contributed by atoms with Crippen LogP contribution in [0.3, 0.4) is 0 Å². The zero-order valence-corrected chi connectivity index (χ0v) is 13.0. The van der Waals surface area contributed by atoms with Crippen LogP contribution in [0, 0.1) is 11.3 Å². The van der Waals surface area contributed by atoms with Gasteiger partial charge in [-0.1, -0.05) is 27.7 Å². The highest BCUT2D eigenvalue weighted by Crippen LogP contribution is 2.44. The van der Waals surface area contributed by atoms with Crippen molar-refractivity contribution in [1.29, 1.82) is 0 Å². The van der Waals surface area contributed by atoms with E-state index in [0.717, 1.165) is 38.5 Å². The van der Waals surface area contributed by atoms with Gasteiger partial charge in [-0.3, -0.25) is 0 Å². The summed E-state index contributed by atoms with van der Waals surface area (Å²) in [7, 11) is 0. The van der Waals surface area contributed by atoms with Crippen molar-refractivity contribution in [2.75, 3.05) is 6.61 Å². The van der Waals surface area contributed by atoms with Crippen molar-refractivity contribution in [1.82, 2.24) is 0 Å². The van der Waals surface area contributed by atoms with Gasteiger partial charge in [0.15, 0.2) is 0 Å². The zero-order chi connectivity index (χ0) is 13.8. The van der Waals surface area contributed by atoms with Gasteiger partial charge in [-0.15, -0.1) is 0 Å². The molecule has 0 spiro atoms. The molecule has 1 N–H and O–H groups in total. The maximum atomic E-state index is 10.5. The van der Waals surface area contributed by atoms with Crippen molar-refractivity contribution in [2.24, 2.45) is 11.3 Å². The van der Waals surface area contributed by atoms with Crippen LogP contribution in [0.15, 0.2) is 0 Å². The molecule has 1 unspecified atom stereocenters. The van der Waals surface area contributed by atoms with Crippen molar-refractivity contribution in [2.45, 2.75) is 84.8 Å². The van der Waals surface area contributed by atoms with Crippen LogP contribution in [0.2, 0.25) is 0 Å². The summed E-state index contributed by atoms with van der Waals surface area (Å²) in [5.74, 6) is 0.651. The molecule has 2 nitrogen and oxygen atoms in total. The fourth-order valence-electron chi connectivity index (χ4n) is 2.97. The Hall–Kier alpha value is -0.0800. The van der Waals surface area contributed by atoms with Gasteiger partial charge in [-0.2, -0.15) is 0 Å².